The van der Waals surface area contributed by atoms with E-state index in [1.165, 1.54) is 24.3 Å². The second-order valence-corrected chi connectivity index (χ2v) is 9.99. The second kappa shape index (κ2) is 12.5. The van der Waals surface area contributed by atoms with Crippen molar-refractivity contribution in [1.29, 1.82) is 0 Å². The number of para-hydroxylation sites is 1. The molecule has 0 spiro atoms. The summed E-state index contributed by atoms with van der Waals surface area (Å²) in [6.45, 7) is 3.27. The minimum absolute atomic E-state index is 0.106. The predicted molar refractivity (Wildman–Crippen MR) is 127 cm³/mol. The fraction of sp³-hybridized carbons (Fsp3) is 0.364. The smallest absolute Gasteiger partial charge is 0.258 e. The van der Waals surface area contributed by atoms with Crippen molar-refractivity contribution < 1.29 is 22.7 Å². The summed E-state index contributed by atoms with van der Waals surface area (Å²) >= 11 is 1.56. The Balaban J connectivity index is 1.98. The fourth-order valence-corrected chi connectivity index (χ4v) is 4.45. The number of amides is 2. The number of hydrogen-bond donors (Lipinski definition) is 3. The van der Waals surface area contributed by atoms with Gasteiger partial charge in [0.05, 0.1) is 4.90 Å². The lowest BCUT2D eigenvalue weighted by Crippen LogP contribution is -2.45. The molecule has 8 nitrogen and oxygen atoms in total. The van der Waals surface area contributed by atoms with Gasteiger partial charge in [-0.15, -0.1) is 0 Å². The molecule has 0 aliphatic heterocycles. The number of hydrogen-bond acceptors (Lipinski definition) is 6. The van der Waals surface area contributed by atoms with Crippen LogP contribution >= 0.6 is 11.8 Å². The standard InChI is InChI=1S/C22H29N3O5S2/c1-16(2)25-32(28,29)19-11-9-17(10-12-19)23-22(27)20(13-14-31-3)24-21(26)15-30-18-7-5-4-6-8-18/h4-12,16,20,25H,13-15H2,1-3H3,(H,23,27)(H,24,26). The first-order valence-electron chi connectivity index (χ1n) is 10.1. The molecule has 2 amide bonds. The van der Waals surface area contributed by atoms with E-state index in [2.05, 4.69) is 15.4 Å². The van der Waals surface area contributed by atoms with Gasteiger partial charge in [0, 0.05) is 11.7 Å². The lowest BCUT2D eigenvalue weighted by atomic mass is 10.2. The summed E-state index contributed by atoms with van der Waals surface area (Å²) in [5.41, 5.74) is 0.433. The minimum atomic E-state index is -3.61. The third-order valence-corrected chi connectivity index (χ3v) is 6.52. The van der Waals surface area contributed by atoms with Gasteiger partial charge in [-0.2, -0.15) is 11.8 Å². The molecule has 10 heteroatoms. The number of carbonyl (C=O) groups is 2. The highest BCUT2D eigenvalue weighted by Gasteiger charge is 2.21. The first-order valence-corrected chi connectivity index (χ1v) is 13.0. The van der Waals surface area contributed by atoms with E-state index in [0.717, 1.165) is 0 Å². The summed E-state index contributed by atoms with van der Waals surface area (Å²) in [7, 11) is -3.61. The predicted octanol–water partition coefficient (Wildman–Crippen LogP) is 2.63. The van der Waals surface area contributed by atoms with Gasteiger partial charge in [0.2, 0.25) is 15.9 Å². The molecule has 2 aromatic rings. The van der Waals surface area contributed by atoms with E-state index in [-0.39, 0.29) is 23.5 Å². The van der Waals surface area contributed by atoms with Gasteiger partial charge in [-0.25, -0.2) is 13.1 Å². The highest BCUT2D eigenvalue weighted by molar-refractivity contribution is 7.98. The van der Waals surface area contributed by atoms with E-state index in [1.807, 2.05) is 12.3 Å². The molecule has 0 radical (unpaired) electrons. The minimum Gasteiger partial charge on any atom is -0.484 e. The molecular weight excluding hydrogens is 450 g/mol. The number of ether oxygens (including phenoxy) is 1. The van der Waals surface area contributed by atoms with Crippen LogP contribution in [0.2, 0.25) is 0 Å². The number of nitrogens with one attached hydrogen (secondary N) is 3. The molecule has 2 rings (SSSR count). The van der Waals surface area contributed by atoms with Gasteiger partial charge < -0.3 is 15.4 Å². The van der Waals surface area contributed by atoms with E-state index in [9.17, 15) is 18.0 Å². The van der Waals surface area contributed by atoms with Crippen LogP contribution in [-0.4, -0.2) is 50.9 Å². The van der Waals surface area contributed by atoms with Gasteiger partial charge in [0.15, 0.2) is 6.61 Å². The molecule has 0 aliphatic rings. The van der Waals surface area contributed by atoms with Crippen LogP contribution in [-0.2, 0) is 19.6 Å². The molecule has 174 valence electrons. The van der Waals surface area contributed by atoms with Crippen LogP contribution < -0.4 is 20.1 Å². The molecule has 0 fully saturated rings. The number of sulfonamides is 1. The molecule has 0 saturated heterocycles. The Kier molecular flexibility index (Phi) is 10.0. The second-order valence-electron chi connectivity index (χ2n) is 7.29. The van der Waals surface area contributed by atoms with Crippen LogP contribution in [0.4, 0.5) is 5.69 Å². The quantitative estimate of drug-likeness (QED) is 0.431. The molecular formula is C22H29N3O5S2. The SMILES string of the molecule is CSCCC(NC(=O)COc1ccccc1)C(=O)Nc1ccc(S(=O)(=O)NC(C)C)cc1. The van der Waals surface area contributed by atoms with Crippen molar-refractivity contribution in [3.63, 3.8) is 0 Å². The molecule has 32 heavy (non-hydrogen) atoms. The molecule has 0 heterocycles. The topological polar surface area (TPSA) is 114 Å². The average molecular weight is 480 g/mol. The van der Waals surface area contributed by atoms with Crippen LogP contribution in [0, 0.1) is 0 Å². The summed E-state index contributed by atoms with van der Waals surface area (Å²) in [5.74, 6) is 0.449. The van der Waals surface area contributed by atoms with Gasteiger partial charge in [-0.1, -0.05) is 18.2 Å². The van der Waals surface area contributed by atoms with Crippen molar-refractivity contribution in [2.45, 2.75) is 37.2 Å². The highest BCUT2D eigenvalue weighted by atomic mass is 32.2. The number of benzene rings is 2. The Morgan fingerprint density at radius 2 is 1.69 bits per heavy atom. The summed E-state index contributed by atoms with van der Waals surface area (Å²) in [4.78, 5) is 25.1. The molecule has 3 N–H and O–H groups in total. The zero-order valence-corrected chi connectivity index (χ0v) is 20.0. The lowest BCUT2D eigenvalue weighted by molar-refractivity contribution is -0.127. The third kappa shape index (κ3) is 8.52. The maximum Gasteiger partial charge on any atom is 0.258 e. The van der Waals surface area contributed by atoms with E-state index in [1.54, 1.807) is 49.9 Å². The Hall–Kier alpha value is -2.56. The van der Waals surface area contributed by atoms with Crippen molar-refractivity contribution in [1.82, 2.24) is 10.0 Å². The number of carbonyl (C=O) groups excluding carboxylic acids is 2. The first kappa shape index (κ1) is 25.7. The first-order chi connectivity index (χ1) is 15.2. The van der Waals surface area contributed by atoms with Crippen molar-refractivity contribution in [3.05, 3.63) is 54.6 Å². The monoisotopic (exact) mass is 479 g/mol. The van der Waals surface area contributed by atoms with Gasteiger partial charge in [-0.3, -0.25) is 9.59 Å². The van der Waals surface area contributed by atoms with Crippen LogP contribution in [0.5, 0.6) is 5.75 Å². The lowest BCUT2D eigenvalue weighted by Gasteiger charge is -2.18. The van der Waals surface area contributed by atoms with Gasteiger partial charge >= 0.3 is 0 Å². The number of rotatable bonds is 12. The van der Waals surface area contributed by atoms with Crippen molar-refractivity contribution in [2.75, 3.05) is 23.9 Å². The summed E-state index contributed by atoms with van der Waals surface area (Å²) in [6.07, 6.45) is 2.36. The molecule has 0 bridgehead atoms. The van der Waals surface area contributed by atoms with E-state index in [4.69, 9.17) is 4.74 Å². The normalized spacial score (nSPS) is 12.2. The van der Waals surface area contributed by atoms with E-state index in [0.29, 0.717) is 23.6 Å². The molecule has 1 unspecified atom stereocenters. The summed E-state index contributed by atoms with van der Waals surface area (Å²) in [5, 5.41) is 5.43. The molecule has 0 saturated carbocycles. The van der Waals surface area contributed by atoms with Crippen molar-refractivity contribution in [2.24, 2.45) is 0 Å². The van der Waals surface area contributed by atoms with Gasteiger partial charge in [-0.05, 0) is 68.7 Å². The molecule has 0 aromatic heterocycles. The highest BCUT2D eigenvalue weighted by Crippen LogP contribution is 2.15. The number of anilines is 1. The van der Waals surface area contributed by atoms with Crippen LogP contribution in [0.1, 0.15) is 20.3 Å². The summed E-state index contributed by atoms with van der Waals surface area (Å²) < 4.78 is 32.4. The molecule has 0 aliphatic carbocycles. The summed E-state index contributed by atoms with van der Waals surface area (Å²) in [6, 6.07) is 13.8. The largest absolute Gasteiger partial charge is 0.484 e. The Bertz CT molecular complexity index is 980. The van der Waals surface area contributed by atoms with Crippen LogP contribution in [0.3, 0.4) is 0 Å². The zero-order valence-electron chi connectivity index (χ0n) is 18.3. The molecule has 2 aromatic carbocycles. The van der Waals surface area contributed by atoms with Crippen molar-refractivity contribution in [3.8, 4) is 5.75 Å². The zero-order chi connectivity index (χ0) is 23.6. The van der Waals surface area contributed by atoms with Crippen molar-refractivity contribution >= 4 is 39.3 Å². The maximum atomic E-state index is 12.7. The fourth-order valence-electron chi connectivity index (χ4n) is 2.73. The Morgan fingerprint density at radius 1 is 1.03 bits per heavy atom. The average Bonchev–Trinajstić information content (AvgIpc) is 2.75. The van der Waals surface area contributed by atoms with Crippen LogP contribution in [0.25, 0.3) is 0 Å². The van der Waals surface area contributed by atoms with E-state index >= 15 is 0 Å². The van der Waals surface area contributed by atoms with E-state index < -0.39 is 22.0 Å². The van der Waals surface area contributed by atoms with Crippen LogP contribution in [0.15, 0.2) is 59.5 Å². The number of thioether (sulfide) groups is 1. The Labute approximate surface area is 193 Å². The van der Waals surface area contributed by atoms with Gasteiger partial charge in [0.1, 0.15) is 11.8 Å². The molecule has 1 atom stereocenters. The third-order valence-electron chi connectivity index (χ3n) is 4.20. The maximum absolute atomic E-state index is 12.7. The van der Waals surface area contributed by atoms with Gasteiger partial charge in [0.25, 0.3) is 5.91 Å². The Morgan fingerprint density at radius 3 is 2.28 bits per heavy atom.